The fourth-order valence-electron chi connectivity index (χ4n) is 12.1. The second-order valence-corrected chi connectivity index (χ2v) is 104. The van der Waals surface area contributed by atoms with Gasteiger partial charge in [-0.1, -0.05) is 0 Å². The first kappa shape index (κ1) is 46.9. The maximum atomic E-state index is 3.00. The van der Waals surface area contributed by atoms with Gasteiger partial charge in [0.1, 0.15) is 0 Å². The number of rotatable bonds is 12. The van der Waals surface area contributed by atoms with E-state index < -0.39 is 14.2 Å². The van der Waals surface area contributed by atoms with Gasteiger partial charge in [0.15, 0.2) is 0 Å². The third kappa shape index (κ3) is 8.22. The van der Waals surface area contributed by atoms with E-state index >= 15 is 0 Å². The fraction of sp³-hybridized carbons (Fsp3) is 0.517. The van der Waals surface area contributed by atoms with Crippen molar-refractivity contribution < 1.29 is 14.2 Å². The third-order valence-corrected chi connectivity index (χ3v) is 73.1. The predicted octanol–water partition coefficient (Wildman–Crippen LogP) is 17.7. The SMILES string of the molecule is CCCC[CH2][Hf]([CH3])([CH3])(=[SiH2])([CH2]CCCC)([CH]1C=Cc2c(-c3cc(C(C)(C)C)cc(C(C)(C)C)c3)cccc21)[CH]1C=Cc2c(-c3cc(C(C)(C)C)cc(C(C)(C)C)c3)cccc21. The first-order valence-electron chi connectivity index (χ1n) is 24.0. The van der Waals surface area contributed by atoms with Gasteiger partial charge in [-0.2, -0.15) is 0 Å². The van der Waals surface area contributed by atoms with E-state index in [-0.39, 0.29) is 21.7 Å². The summed E-state index contributed by atoms with van der Waals surface area (Å²) in [7, 11) is 0. The normalized spacial score (nSPS) is 18.8. The summed E-state index contributed by atoms with van der Waals surface area (Å²) in [6.07, 6.45) is 18.4. The van der Waals surface area contributed by atoms with Crippen LogP contribution in [0.4, 0.5) is 0 Å². The zero-order chi connectivity index (χ0) is 44.4. The first-order chi connectivity index (χ1) is 27.5. The molecule has 2 atom stereocenters. The molecule has 0 fully saturated rings. The Kier molecular flexibility index (Phi) is 11.5. The van der Waals surface area contributed by atoms with Crippen molar-refractivity contribution in [2.45, 2.75) is 182 Å². The van der Waals surface area contributed by atoms with Gasteiger partial charge in [0.25, 0.3) is 0 Å². The second-order valence-electron chi connectivity index (χ2n) is 26.7. The van der Waals surface area contributed by atoms with Gasteiger partial charge in [0.05, 0.1) is 0 Å². The van der Waals surface area contributed by atoms with Crippen molar-refractivity contribution in [2.75, 3.05) is 0 Å². The summed E-state index contributed by atoms with van der Waals surface area (Å²) in [5.41, 5.74) is 17.6. The number of hydrogen-bond acceptors (Lipinski definition) is 0. The zero-order valence-electron chi connectivity index (χ0n) is 41.3. The van der Waals surface area contributed by atoms with Crippen molar-refractivity contribution in [3.63, 3.8) is 0 Å². The molecule has 0 amide bonds. The van der Waals surface area contributed by atoms with Crippen LogP contribution < -0.4 is 0 Å². The molecule has 0 N–H and O–H groups in total. The van der Waals surface area contributed by atoms with Crippen LogP contribution in [0.3, 0.4) is 0 Å². The van der Waals surface area contributed by atoms with Crippen molar-refractivity contribution in [2.24, 2.45) is 0 Å². The number of hydrogen-bond donors (Lipinski definition) is 0. The Hall–Kier alpha value is -2.55. The van der Waals surface area contributed by atoms with Crippen molar-refractivity contribution in [1.29, 1.82) is 0 Å². The van der Waals surface area contributed by atoms with Gasteiger partial charge in [0.2, 0.25) is 0 Å². The molecule has 0 spiro atoms. The van der Waals surface area contributed by atoms with Gasteiger partial charge >= 0.3 is 367 Å². The molecular formula is C58H84HfSi. The van der Waals surface area contributed by atoms with Gasteiger partial charge in [-0.05, 0) is 0 Å². The molecule has 0 radical (unpaired) electrons. The molecule has 0 saturated heterocycles. The fourth-order valence-corrected chi connectivity index (χ4v) is 61.7. The van der Waals surface area contributed by atoms with E-state index in [2.05, 4.69) is 210 Å². The van der Waals surface area contributed by atoms with E-state index in [1.54, 1.807) is 11.1 Å². The third-order valence-electron chi connectivity index (χ3n) is 16.6. The molecule has 0 saturated carbocycles. The molecule has 0 aliphatic heterocycles. The molecule has 6 rings (SSSR count). The van der Waals surface area contributed by atoms with Crippen LogP contribution in [0.2, 0.25) is 17.7 Å². The summed E-state index contributed by atoms with van der Waals surface area (Å²) in [6.45, 7) is 35.8. The molecule has 2 aliphatic carbocycles. The molecule has 0 heterocycles. The molecule has 0 aromatic heterocycles. The molecule has 2 heteroatoms. The van der Waals surface area contributed by atoms with E-state index in [0.717, 1.165) is 0 Å². The van der Waals surface area contributed by atoms with Crippen molar-refractivity contribution in [3.8, 4) is 22.3 Å². The van der Waals surface area contributed by atoms with E-state index in [9.17, 15) is 0 Å². The van der Waals surface area contributed by atoms with Crippen LogP contribution in [0, 0.1) is 0 Å². The van der Waals surface area contributed by atoms with Crippen molar-refractivity contribution >= 4 is 19.1 Å². The van der Waals surface area contributed by atoms with Gasteiger partial charge < -0.3 is 0 Å². The summed E-state index contributed by atoms with van der Waals surface area (Å²) in [5, 5.41) is 0. The number of allylic oxidation sites excluding steroid dienone is 2. The Morgan fingerprint density at radius 1 is 0.467 bits per heavy atom. The molecule has 4 aromatic rings. The average molecular weight is 988 g/mol. The average Bonchev–Trinajstić information content (AvgIpc) is 3.81. The summed E-state index contributed by atoms with van der Waals surface area (Å²) in [6, 6.07) is 29.8. The summed E-state index contributed by atoms with van der Waals surface area (Å²) in [5.74, 6) is 0. The summed E-state index contributed by atoms with van der Waals surface area (Å²) >= 11 is -5.32. The van der Waals surface area contributed by atoms with Gasteiger partial charge in [0, 0.05) is 0 Å². The first-order valence-corrected chi connectivity index (χ1v) is 48.7. The number of unbranched alkanes of at least 4 members (excludes halogenated alkanes) is 4. The number of fused-ring (bicyclic) bond motifs is 2. The van der Waals surface area contributed by atoms with E-state index in [0.29, 0.717) is 7.35 Å². The Bertz CT molecular complexity index is 2250. The Morgan fingerprint density at radius 2 is 0.783 bits per heavy atom. The standard InChI is InChI=1S/2C23H27.2C5H11.2CH3.Hf.H2Si/c2*1-22(2,3)18-13-17(14-19(15-18)23(4,5)6)21-12-8-10-16-9-7-11-20(16)21;2*1-3-5-4-2;;;;/h2*7-15H,1-6H3;2*1,3-5H2,2H3;2*1H3;;1H2. The van der Waals surface area contributed by atoms with Crippen LogP contribution in [0.5, 0.6) is 0 Å². The van der Waals surface area contributed by atoms with Gasteiger partial charge in [-0.25, -0.2) is 0 Å². The minimum absolute atomic E-state index is 0.0644. The van der Waals surface area contributed by atoms with Crippen LogP contribution in [0.1, 0.15) is 187 Å². The van der Waals surface area contributed by atoms with E-state index in [4.69, 9.17) is 0 Å². The maximum absolute atomic E-state index is 5.32. The summed E-state index contributed by atoms with van der Waals surface area (Å²) in [4.78, 5) is 0. The molecule has 324 valence electrons. The van der Waals surface area contributed by atoms with Crippen LogP contribution in [0.25, 0.3) is 34.4 Å². The minimum atomic E-state index is -5.32. The van der Waals surface area contributed by atoms with Crippen LogP contribution >= 0.6 is 0 Å². The van der Waals surface area contributed by atoms with Gasteiger partial charge in [-0.3, -0.25) is 0 Å². The van der Waals surface area contributed by atoms with Gasteiger partial charge in [-0.15, -0.1) is 0 Å². The van der Waals surface area contributed by atoms with Crippen LogP contribution in [0.15, 0.2) is 84.9 Å². The second kappa shape index (κ2) is 14.8. The molecule has 0 bridgehead atoms. The molecule has 2 unspecified atom stereocenters. The monoisotopic (exact) mass is 989 g/mol. The zero-order valence-corrected chi connectivity index (χ0v) is 46.3. The van der Waals surface area contributed by atoms with Crippen molar-refractivity contribution in [3.05, 3.63) is 129 Å². The Balaban J connectivity index is 1.64. The molecule has 0 nitrogen and oxygen atoms in total. The molecule has 2 aliphatic rings. The molecule has 60 heavy (non-hydrogen) atoms. The Labute approximate surface area is 364 Å². The quantitative estimate of drug-likeness (QED) is 0.0980. The topological polar surface area (TPSA) is 0 Å². The van der Waals surface area contributed by atoms with Crippen LogP contribution in [-0.4, -0.2) is 6.94 Å². The molecule has 4 aromatic carbocycles. The number of benzene rings is 4. The molecular weight excluding hydrogens is 903 g/mol. The van der Waals surface area contributed by atoms with Crippen molar-refractivity contribution in [1.82, 2.24) is 0 Å². The summed E-state index contributed by atoms with van der Waals surface area (Å²) < 4.78 is 9.50. The van der Waals surface area contributed by atoms with Crippen LogP contribution in [-0.2, 0) is 35.8 Å². The van der Waals surface area contributed by atoms with E-state index in [1.807, 2.05) is 0 Å². The van der Waals surface area contributed by atoms with E-state index in [1.165, 1.54) is 103 Å². The Morgan fingerprint density at radius 3 is 1.07 bits per heavy atom. The predicted molar refractivity (Wildman–Crippen MR) is 271 cm³/mol.